The highest BCUT2D eigenvalue weighted by molar-refractivity contribution is 9.10. The van der Waals surface area contributed by atoms with E-state index in [4.69, 9.17) is 4.42 Å². The zero-order valence-electron chi connectivity index (χ0n) is 10.6. The van der Waals surface area contributed by atoms with Crippen LogP contribution in [0.5, 0.6) is 0 Å². The fourth-order valence-corrected chi connectivity index (χ4v) is 2.90. The zero-order valence-corrected chi connectivity index (χ0v) is 12.2. The van der Waals surface area contributed by atoms with Crippen LogP contribution in [0.15, 0.2) is 45.5 Å². The number of hydrogen-bond donors (Lipinski definition) is 0. The molecule has 1 aromatic heterocycles. The van der Waals surface area contributed by atoms with E-state index in [1.807, 2.05) is 11.0 Å². The number of amides is 1. The molecule has 1 aromatic carbocycles. The minimum absolute atomic E-state index is 0.0490. The van der Waals surface area contributed by atoms with Gasteiger partial charge in [0.2, 0.25) is 0 Å². The Morgan fingerprint density at radius 3 is 2.84 bits per heavy atom. The van der Waals surface area contributed by atoms with Gasteiger partial charge in [0.25, 0.3) is 5.91 Å². The first-order chi connectivity index (χ1) is 9.15. The summed E-state index contributed by atoms with van der Waals surface area (Å²) >= 11 is 3.22. The van der Waals surface area contributed by atoms with E-state index in [1.54, 1.807) is 12.1 Å². The summed E-state index contributed by atoms with van der Waals surface area (Å²) in [6.45, 7) is 3.53. The van der Waals surface area contributed by atoms with Crippen LogP contribution in [0, 0.1) is 0 Å². The Labute approximate surface area is 120 Å². The van der Waals surface area contributed by atoms with Crippen LogP contribution in [-0.2, 0) is 6.54 Å². The first-order valence-corrected chi connectivity index (χ1v) is 7.07. The number of furan rings is 1. The third kappa shape index (κ3) is 2.32. The molecule has 3 nitrogen and oxygen atoms in total. The molecule has 1 atom stereocenters. The summed E-state index contributed by atoms with van der Waals surface area (Å²) in [5, 5.41) is 0. The van der Waals surface area contributed by atoms with Crippen LogP contribution in [0.1, 0.15) is 34.5 Å². The maximum atomic E-state index is 12.4. The summed E-state index contributed by atoms with van der Waals surface area (Å²) in [7, 11) is 0. The molecule has 0 radical (unpaired) electrons. The number of benzene rings is 1. The second-order valence-electron chi connectivity index (χ2n) is 4.89. The molecule has 0 aliphatic carbocycles. The van der Waals surface area contributed by atoms with Crippen molar-refractivity contribution in [3.05, 3.63) is 58.0 Å². The predicted octanol–water partition coefficient (Wildman–Crippen LogP) is 3.80. The maximum absolute atomic E-state index is 12.4. The molecule has 2 heterocycles. The molecule has 0 bridgehead atoms. The van der Waals surface area contributed by atoms with Gasteiger partial charge in [-0.25, -0.2) is 0 Å². The standard InChI is InChI=1S/C15H14BrNO2/c1-10-8-17(9-11-4-2-3-5-12(10)11)15(18)13-6-7-14(16)19-13/h2-7,10H,8-9H2,1H3. The Balaban J connectivity index is 1.87. The molecule has 0 saturated heterocycles. The van der Waals surface area contributed by atoms with E-state index in [-0.39, 0.29) is 5.91 Å². The van der Waals surface area contributed by atoms with Gasteiger partial charge < -0.3 is 9.32 Å². The number of halogens is 1. The Morgan fingerprint density at radius 1 is 1.32 bits per heavy atom. The molecule has 0 N–H and O–H groups in total. The third-order valence-corrected chi connectivity index (χ3v) is 3.94. The average molecular weight is 320 g/mol. The summed E-state index contributed by atoms with van der Waals surface area (Å²) in [6, 6.07) is 11.8. The molecule has 1 aliphatic heterocycles. The molecule has 0 fully saturated rings. The van der Waals surface area contributed by atoms with Crippen molar-refractivity contribution in [1.29, 1.82) is 0 Å². The van der Waals surface area contributed by atoms with Crippen molar-refractivity contribution in [1.82, 2.24) is 4.90 Å². The quantitative estimate of drug-likeness (QED) is 0.801. The molecular formula is C15H14BrNO2. The highest BCUT2D eigenvalue weighted by Gasteiger charge is 2.27. The first-order valence-electron chi connectivity index (χ1n) is 6.27. The van der Waals surface area contributed by atoms with Gasteiger partial charge in [-0.2, -0.15) is 0 Å². The highest BCUT2D eigenvalue weighted by atomic mass is 79.9. The largest absolute Gasteiger partial charge is 0.444 e. The minimum Gasteiger partial charge on any atom is -0.444 e. The van der Waals surface area contributed by atoms with Gasteiger partial charge in [0, 0.05) is 13.1 Å². The van der Waals surface area contributed by atoms with Crippen molar-refractivity contribution in [3.8, 4) is 0 Å². The lowest BCUT2D eigenvalue weighted by Gasteiger charge is -2.32. The summed E-state index contributed by atoms with van der Waals surface area (Å²) in [5.41, 5.74) is 2.56. The highest BCUT2D eigenvalue weighted by Crippen LogP contribution is 2.29. The van der Waals surface area contributed by atoms with E-state index < -0.39 is 0 Å². The smallest absolute Gasteiger partial charge is 0.289 e. The van der Waals surface area contributed by atoms with Gasteiger partial charge in [-0.1, -0.05) is 31.2 Å². The fourth-order valence-electron chi connectivity index (χ4n) is 2.60. The topological polar surface area (TPSA) is 33.5 Å². The Morgan fingerprint density at radius 2 is 2.11 bits per heavy atom. The maximum Gasteiger partial charge on any atom is 0.289 e. The van der Waals surface area contributed by atoms with Crippen LogP contribution in [0.4, 0.5) is 0 Å². The lowest BCUT2D eigenvalue weighted by molar-refractivity contribution is 0.0687. The monoisotopic (exact) mass is 319 g/mol. The van der Waals surface area contributed by atoms with Crippen LogP contribution in [0.2, 0.25) is 0 Å². The molecule has 0 spiro atoms. The first kappa shape index (κ1) is 12.5. The van der Waals surface area contributed by atoms with Gasteiger partial charge in [-0.15, -0.1) is 0 Å². The third-order valence-electron chi connectivity index (χ3n) is 3.51. The van der Waals surface area contributed by atoms with Crippen molar-refractivity contribution in [3.63, 3.8) is 0 Å². The molecule has 2 aromatic rings. The van der Waals surface area contributed by atoms with Gasteiger partial charge in [0.15, 0.2) is 10.4 Å². The summed E-state index contributed by atoms with van der Waals surface area (Å²) in [5.74, 6) is 0.692. The van der Waals surface area contributed by atoms with Crippen LogP contribution >= 0.6 is 15.9 Å². The van der Waals surface area contributed by atoms with E-state index in [0.29, 0.717) is 22.9 Å². The molecule has 1 unspecified atom stereocenters. The van der Waals surface area contributed by atoms with E-state index in [1.165, 1.54) is 11.1 Å². The zero-order chi connectivity index (χ0) is 13.4. The van der Waals surface area contributed by atoms with Crippen molar-refractivity contribution >= 4 is 21.8 Å². The Kier molecular flexibility index (Phi) is 3.19. The van der Waals surface area contributed by atoms with Crippen LogP contribution in [-0.4, -0.2) is 17.4 Å². The summed E-state index contributed by atoms with van der Waals surface area (Å²) in [4.78, 5) is 14.2. The van der Waals surface area contributed by atoms with Crippen molar-refractivity contribution in [2.45, 2.75) is 19.4 Å². The van der Waals surface area contributed by atoms with E-state index in [2.05, 4.69) is 41.1 Å². The van der Waals surface area contributed by atoms with Gasteiger partial charge in [0.1, 0.15) is 0 Å². The number of carbonyl (C=O) groups is 1. The summed E-state index contributed by atoms with van der Waals surface area (Å²) < 4.78 is 5.93. The molecule has 3 rings (SSSR count). The van der Waals surface area contributed by atoms with Gasteiger partial charge in [-0.05, 0) is 45.1 Å². The number of fused-ring (bicyclic) bond motifs is 1. The molecular weight excluding hydrogens is 306 g/mol. The minimum atomic E-state index is -0.0490. The van der Waals surface area contributed by atoms with Crippen LogP contribution in [0.25, 0.3) is 0 Å². The van der Waals surface area contributed by atoms with Crippen molar-refractivity contribution < 1.29 is 9.21 Å². The number of nitrogens with zero attached hydrogens (tertiary/aromatic N) is 1. The van der Waals surface area contributed by atoms with Crippen molar-refractivity contribution in [2.75, 3.05) is 6.54 Å². The Hall–Kier alpha value is -1.55. The number of carbonyl (C=O) groups excluding carboxylic acids is 1. The number of hydrogen-bond acceptors (Lipinski definition) is 2. The molecule has 0 saturated carbocycles. The lowest BCUT2D eigenvalue weighted by atomic mass is 9.91. The normalized spacial score (nSPS) is 18.2. The molecule has 1 amide bonds. The second kappa shape index (κ2) is 4.85. The molecule has 98 valence electrons. The van der Waals surface area contributed by atoms with Crippen molar-refractivity contribution in [2.24, 2.45) is 0 Å². The Bertz CT molecular complexity index is 620. The van der Waals surface area contributed by atoms with Gasteiger partial charge in [-0.3, -0.25) is 4.79 Å². The summed E-state index contributed by atoms with van der Waals surface area (Å²) in [6.07, 6.45) is 0. The predicted molar refractivity (Wildman–Crippen MR) is 76.0 cm³/mol. The SMILES string of the molecule is CC1CN(C(=O)c2ccc(Br)o2)Cc2ccccc21. The van der Waals surface area contributed by atoms with Crippen LogP contribution < -0.4 is 0 Å². The number of rotatable bonds is 1. The van der Waals surface area contributed by atoms with Gasteiger partial charge in [0.05, 0.1) is 0 Å². The average Bonchev–Trinajstić information content (AvgIpc) is 2.84. The van der Waals surface area contributed by atoms with Crippen LogP contribution in [0.3, 0.4) is 0 Å². The fraction of sp³-hybridized carbons (Fsp3) is 0.267. The van der Waals surface area contributed by atoms with E-state index in [9.17, 15) is 4.79 Å². The second-order valence-corrected chi connectivity index (χ2v) is 5.67. The molecule has 19 heavy (non-hydrogen) atoms. The lowest BCUT2D eigenvalue weighted by Crippen LogP contribution is -2.37. The molecule has 1 aliphatic rings. The van der Waals surface area contributed by atoms with E-state index >= 15 is 0 Å². The van der Waals surface area contributed by atoms with E-state index in [0.717, 1.165) is 6.54 Å². The van der Waals surface area contributed by atoms with Gasteiger partial charge >= 0.3 is 0 Å². The molecule has 4 heteroatoms.